The molecule has 0 aliphatic heterocycles. The van der Waals surface area contributed by atoms with Crippen LogP contribution in [0.3, 0.4) is 0 Å². The molecule has 738 valence electrons. The molecule has 4 amide bonds. The number of benzene rings is 2. The summed E-state index contributed by atoms with van der Waals surface area (Å²) in [6.45, 7) is 36.5. The van der Waals surface area contributed by atoms with Crippen molar-refractivity contribution in [3.05, 3.63) is 121 Å². The van der Waals surface area contributed by atoms with Crippen LogP contribution in [0.2, 0.25) is 0 Å². The van der Waals surface area contributed by atoms with E-state index in [1.165, 1.54) is 37.8 Å². The highest BCUT2D eigenvalue weighted by molar-refractivity contribution is 5.93. The van der Waals surface area contributed by atoms with Crippen molar-refractivity contribution in [2.75, 3.05) is 294 Å². The third kappa shape index (κ3) is 77.7. The molecule has 30 heteroatoms. The zero-order chi connectivity index (χ0) is 99.9. The lowest BCUT2D eigenvalue weighted by Crippen LogP contribution is -2.50. The summed E-state index contributed by atoms with van der Waals surface area (Å²) < 4.78 is 42.1. The molecule has 5 fully saturated rings. The van der Waals surface area contributed by atoms with Crippen molar-refractivity contribution in [3.63, 3.8) is 0 Å². The molecule has 4 bridgehead atoms. The van der Waals surface area contributed by atoms with E-state index in [4.69, 9.17) is 33.2 Å². The first-order valence-corrected chi connectivity index (χ1v) is 45.4. The fourth-order valence-electron chi connectivity index (χ4n) is 12.5. The van der Waals surface area contributed by atoms with Gasteiger partial charge in [0.05, 0.1) is 231 Å². The average Bonchev–Trinajstić information content (AvgIpc) is 0.741. The van der Waals surface area contributed by atoms with Crippen LogP contribution >= 0.6 is 0 Å². The third-order valence-corrected chi connectivity index (χ3v) is 19.4. The number of quaternary nitrogens is 8. The van der Waals surface area contributed by atoms with Crippen LogP contribution in [0.15, 0.2) is 110 Å². The number of nitrogens with one attached hydrogen (secondary N) is 4. The Balaban J connectivity index is -0.00000141. The number of carbonyl (C=O) groups is 11. The number of hydrogen-bond donors (Lipinski definition) is 4. The van der Waals surface area contributed by atoms with E-state index in [2.05, 4.69) is 181 Å². The third-order valence-electron chi connectivity index (χ3n) is 19.4. The van der Waals surface area contributed by atoms with Crippen LogP contribution in [0.1, 0.15) is 146 Å². The summed E-state index contributed by atoms with van der Waals surface area (Å²) >= 11 is 0. The Kier molecular flexibility index (Phi) is 60.3. The van der Waals surface area contributed by atoms with Crippen LogP contribution in [0, 0.1) is 34.5 Å². The molecular formula is C99H182N12O18+8. The van der Waals surface area contributed by atoms with Crippen molar-refractivity contribution >= 4 is 65.4 Å². The second kappa shape index (κ2) is 62.6. The Bertz CT molecular complexity index is 3610. The fourth-order valence-corrected chi connectivity index (χ4v) is 12.5. The number of likely N-dealkylation sites (N-methyl/N-ethyl adjacent to an activating group) is 6. The van der Waals surface area contributed by atoms with E-state index in [9.17, 15) is 52.7 Å². The van der Waals surface area contributed by atoms with Crippen molar-refractivity contribution in [1.29, 1.82) is 0 Å². The topological polar surface area (TPSA) is 300 Å². The molecule has 5 saturated carbocycles. The Hall–Kier alpha value is -8.75. The maximum Gasteiger partial charge on any atom is 0.344 e. The van der Waals surface area contributed by atoms with Gasteiger partial charge in [-0.1, -0.05) is 110 Å². The van der Waals surface area contributed by atoms with Crippen LogP contribution in [0.4, 0.5) is 0 Å². The van der Waals surface area contributed by atoms with E-state index in [-0.39, 0.29) is 72.7 Å². The normalized spacial score (nSPS) is 16.2. The molecule has 0 saturated heterocycles. The zero-order valence-electron chi connectivity index (χ0n) is 86.1. The molecule has 30 nitrogen and oxygen atoms in total. The molecule has 5 aliphatic carbocycles. The second-order valence-electron chi connectivity index (χ2n) is 43.7. The number of nitrogens with zero attached hydrogens (tertiary/aromatic N) is 8. The van der Waals surface area contributed by atoms with Gasteiger partial charge < -0.3 is 90.3 Å². The molecular weight excluding hydrogens is 1650 g/mol. The quantitative estimate of drug-likeness (QED) is 0.0159. The first-order valence-electron chi connectivity index (χ1n) is 45.4. The summed E-state index contributed by atoms with van der Waals surface area (Å²) in [6.07, 6.45) is 16.5. The molecule has 0 heterocycles. The standard InChI is InChI=1S/C18H30NO4.C14H26NO4.C14H20NO4.C12H18NO2.C10H20N2O.2C9H18N2O.C8H16N2O.C5H12/c1-19(2,3)4-5-22-16(20)12-23-17(21)18-9-13-6-14(10-18)8-15(7-13)11-18;2*1-15(2,3)9-10-18-13(16)11-19-14(17)12-7-5-4-6-8-12;1-13(2,3)9-10-15-12(14)11-7-5-4-6-8-11;1-9(2)10(13)11-7-6-8-12(3,4)5;1-8(2)9(12)10-6-7-11(3,4)5;1-5-9(12)10-7-6-8-11(2,3)4;1-5-8(11)9-6-7-10(2,3)4;1-5(2,3)4/h13-15H,4-12H2,1-3H3;12H,4-11H2,1-3H3;4-8H,9-11H2,1-3H3;4-8H,9-10H2,1-3H3;1,6-8H2,2-5H3;1,6-7H2,2-5H3;5H,1,6-8H2,2-4H3;5H,1,6-7H2,2-4H3;1-4H3/q4*+1;;;;;/p+4. The monoisotopic (exact) mass is 1830 g/mol. The van der Waals surface area contributed by atoms with Crippen molar-refractivity contribution < 1.29 is 122 Å². The molecule has 0 spiro atoms. The number of amides is 4. The van der Waals surface area contributed by atoms with E-state index >= 15 is 0 Å². The second-order valence-corrected chi connectivity index (χ2v) is 43.7. The highest BCUT2D eigenvalue weighted by Crippen LogP contribution is 2.60. The summed E-state index contributed by atoms with van der Waals surface area (Å²) in [5.74, 6) is -0.795. The minimum atomic E-state index is -0.530. The van der Waals surface area contributed by atoms with Crippen LogP contribution in [-0.4, -0.2) is 395 Å². The minimum absolute atomic E-state index is 0.0206. The molecule has 0 radical (unpaired) electrons. The summed E-state index contributed by atoms with van der Waals surface area (Å²) in [4.78, 5) is 125. The molecule has 0 atom stereocenters. The predicted molar refractivity (Wildman–Crippen MR) is 515 cm³/mol. The van der Waals surface area contributed by atoms with Crippen LogP contribution < -0.4 is 21.3 Å². The first kappa shape index (κ1) is 124. The molecule has 4 N–H and O–H groups in total. The van der Waals surface area contributed by atoms with Gasteiger partial charge in [0, 0.05) is 37.1 Å². The lowest BCUT2D eigenvalue weighted by molar-refractivity contribution is -0.870. The van der Waals surface area contributed by atoms with Gasteiger partial charge >= 0.3 is 41.8 Å². The molecule has 2 aromatic rings. The van der Waals surface area contributed by atoms with Gasteiger partial charge in [-0.05, 0) is 125 Å². The highest BCUT2D eigenvalue weighted by atomic mass is 16.6. The molecule has 5 aliphatic rings. The Morgan fingerprint density at radius 1 is 0.372 bits per heavy atom. The van der Waals surface area contributed by atoms with Gasteiger partial charge in [-0.2, -0.15) is 0 Å². The maximum atomic E-state index is 12.6. The van der Waals surface area contributed by atoms with E-state index in [0.717, 1.165) is 148 Å². The SMILES string of the molecule is C=C(C)C(=O)NCCC[N+](C)(C)C.C=C(C)C(=O)NCC[N+](C)(C)C.C=CC(=O)NCCC[N+](C)(C)C.C=CC(=O)NCC[N+](C)(C)C.CC(C)(C)C.C[N+](C)(C)CCOC(=O)COC(=O)C12CC3CC(CC(C3)C1)C2.C[N+](C)(C)CCOC(=O)COC(=O)C1CCCCC1.C[N+](C)(C)CCOC(=O)COC(=O)c1ccccc1.C[N+](C)(C)CCOC(=O)c1ccccc1. The lowest BCUT2D eigenvalue weighted by atomic mass is 9.49. The Morgan fingerprint density at radius 3 is 0.969 bits per heavy atom. The smallest absolute Gasteiger partial charge is 0.344 e. The molecule has 2 aromatic carbocycles. The summed E-state index contributed by atoms with van der Waals surface area (Å²) in [5, 5.41) is 11.0. The number of hydrogen-bond acceptors (Lipinski definition) is 18. The highest BCUT2D eigenvalue weighted by Gasteiger charge is 2.55. The average molecular weight is 1830 g/mol. The van der Waals surface area contributed by atoms with E-state index < -0.39 is 23.9 Å². The van der Waals surface area contributed by atoms with Crippen molar-refractivity contribution in [2.24, 2.45) is 34.5 Å². The van der Waals surface area contributed by atoms with Gasteiger partial charge in [-0.25, -0.2) is 24.0 Å². The maximum absolute atomic E-state index is 12.6. The van der Waals surface area contributed by atoms with Gasteiger partial charge in [0.25, 0.3) is 0 Å². The number of carbonyl (C=O) groups excluding carboxylic acids is 11. The van der Waals surface area contributed by atoms with Gasteiger partial charge in [0.1, 0.15) is 52.6 Å². The fraction of sp³-hybridized carbons (Fsp3) is 0.687. The lowest BCUT2D eigenvalue weighted by Gasteiger charge is -2.55. The van der Waals surface area contributed by atoms with Crippen LogP contribution in [-0.2, 0) is 76.3 Å². The summed E-state index contributed by atoms with van der Waals surface area (Å²) in [7, 11) is 49.8. The molecule has 7 rings (SSSR count). The van der Waals surface area contributed by atoms with Crippen molar-refractivity contribution in [3.8, 4) is 0 Å². The number of rotatable bonds is 40. The summed E-state index contributed by atoms with van der Waals surface area (Å²) in [6, 6.07) is 17.6. The summed E-state index contributed by atoms with van der Waals surface area (Å²) in [5.41, 5.74) is 2.37. The van der Waals surface area contributed by atoms with Crippen molar-refractivity contribution in [2.45, 2.75) is 125 Å². The van der Waals surface area contributed by atoms with E-state index in [1.54, 1.807) is 56.3 Å². The van der Waals surface area contributed by atoms with Crippen molar-refractivity contribution in [1.82, 2.24) is 21.3 Å². The van der Waals surface area contributed by atoms with Gasteiger partial charge in [-0.3, -0.25) is 28.8 Å². The number of ether oxygens (including phenoxy) is 7. The first-order chi connectivity index (χ1) is 59.1. The van der Waals surface area contributed by atoms with Gasteiger partial charge in [-0.15, -0.1) is 0 Å². The molecule has 0 aromatic heterocycles. The Morgan fingerprint density at radius 2 is 0.651 bits per heavy atom. The minimum Gasteiger partial charge on any atom is -0.457 e. The van der Waals surface area contributed by atoms with E-state index in [1.807, 2.05) is 81.6 Å². The van der Waals surface area contributed by atoms with Gasteiger partial charge in [0.2, 0.25) is 23.6 Å². The predicted octanol–water partition coefficient (Wildman–Crippen LogP) is 9.59. The Labute approximate surface area is 779 Å². The van der Waals surface area contributed by atoms with Gasteiger partial charge in [0.15, 0.2) is 19.8 Å². The number of esters is 7. The largest absolute Gasteiger partial charge is 0.457 e. The molecule has 129 heavy (non-hydrogen) atoms. The molecule has 0 unspecified atom stereocenters. The zero-order valence-corrected chi connectivity index (χ0v) is 86.1. The van der Waals surface area contributed by atoms with Crippen LogP contribution in [0.5, 0.6) is 0 Å². The van der Waals surface area contributed by atoms with Crippen LogP contribution in [0.25, 0.3) is 0 Å². The van der Waals surface area contributed by atoms with E-state index in [0.29, 0.717) is 96.0 Å².